The van der Waals surface area contributed by atoms with Crippen molar-refractivity contribution in [3.63, 3.8) is 0 Å². The molecule has 0 saturated carbocycles. The number of benzene rings is 3. The van der Waals surface area contributed by atoms with Crippen LogP contribution in [0.15, 0.2) is 83.8 Å². The third-order valence-electron chi connectivity index (χ3n) is 5.71. The number of ether oxygens (including phenoxy) is 1. The van der Waals surface area contributed by atoms with Crippen LogP contribution in [0.2, 0.25) is 0 Å². The van der Waals surface area contributed by atoms with E-state index in [-0.39, 0.29) is 17.3 Å². The minimum absolute atomic E-state index is 0.0103. The third kappa shape index (κ3) is 5.35. The minimum atomic E-state index is -3.73. The smallest absolute Gasteiger partial charge is 0.253 e. The molecular formula is C25H27N3O4S. The van der Waals surface area contributed by atoms with Crippen LogP contribution in [0.3, 0.4) is 0 Å². The number of hydrogen-bond donors (Lipinski definition) is 1. The molecule has 1 saturated heterocycles. The normalized spacial score (nSPS) is 14.2. The van der Waals surface area contributed by atoms with Gasteiger partial charge in [-0.3, -0.25) is 4.79 Å². The zero-order chi connectivity index (χ0) is 23.3. The fourth-order valence-corrected chi connectivity index (χ4v) is 5.04. The fourth-order valence-electron chi connectivity index (χ4n) is 3.85. The molecule has 3 aromatic rings. The van der Waals surface area contributed by atoms with Crippen LogP contribution in [0.5, 0.6) is 5.75 Å². The molecule has 0 spiro atoms. The molecule has 0 bridgehead atoms. The lowest BCUT2D eigenvalue weighted by Crippen LogP contribution is -2.48. The highest BCUT2D eigenvalue weighted by atomic mass is 32.2. The maximum atomic E-state index is 12.9. The quantitative estimate of drug-likeness (QED) is 0.580. The first-order valence-corrected chi connectivity index (χ1v) is 12.3. The van der Waals surface area contributed by atoms with Crippen molar-refractivity contribution in [3.05, 3.63) is 90.0 Å². The molecule has 1 aliphatic rings. The molecule has 1 fully saturated rings. The second-order valence-electron chi connectivity index (χ2n) is 7.79. The average molecular weight is 466 g/mol. The van der Waals surface area contributed by atoms with E-state index in [0.717, 1.165) is 18.7 Å². The number of carbonyl (C=O) groups excluding carboxylic acids is 1. The maximum absolute atomic E-state index is 12.9. The first kappa shape index (κ1) is 22.8. The third-order valence-corrected chi connectivity index (χ3v) is 7.15. The van der Waals surface area contributed by atoms with Gasteiger partial charge in [0.2, 0.25) is 10.0 Å². The average Bonchev–Trinajstić information content (AvgIpc) is 2.88. The number of piperazine rings is 1. The number of anilines is 1. The van der Waals surface area contributed by atoms with E-state index in [1.165, 1.54) is 18.9 Å². The van der Waals surface area contributed by atoms with Gasteiger partial charge in [0.15, 0.2) is 0 Å². The summed E-state index contributed by atoms with van der Waals surface area (Å²) in [6, 6.07) is 23.7. The van der Waals surface area contributed by atoms with E-state index in [4.69, 9.17) is 4.74 Å². The Morgan fingerprint density at radius 1 is 0.879 bits per heavy atom. The Hall–Kier alpha value is -3.36. The van der Waals surface area contributed by atoms with Gasteiger partial charge in [-0.05, 0) is 42.0 Å². The number of nitrogens with zero attached hydrogens (tertiary/aromatic N) is 2. The number of sulfonamides is 1. The van der Waals surface area contributed by atoms with Crippen LogP contribution in [0.25, 0.3) is 0 Å². The summed E-state index contributed by atoms with van der Waals surface area (Å²) in [5, 5.41) is 0. The lowest BCUT2D eigenvalue weighted by atomic mass is 10.1. The summed E-state index contributed by atoms with van der Waals surface area (Å²) in [6.45, 7) is 3.02. The molecule has 1 aliphatic heterocycles. The van der Waals surface area contributed by atoms with Crippen molar-refractivity contribution in [1.82, 2.24) is 9.62 Å². The van der Waals surface area contributed by atoms with Gasteiger partial charge in [-0.25, -0.2) is 13.1 Å². The van der Waals surface area contributed by atoms with Crippen molar-refractivity contribution in [2.75, 3.05) is 38.2 Å². The second-order valence-corrected chi connectivity index (χ2v) is 9.52. The monoisotopic (exact) mass is 465 g/mol. The molecular weight excluding hydrogens is 438 g/mol. The summed E-state index contributed by atoms with van der Waals surface area (Å²) >= 11 is 0. The topological polar surface area (TPSA) is 78.9 Å². The van der Waals surface area contributed by atoms with E-state index in [1.54, 1.807) is 42.5 Å². The zero-order valence-electron chi connectivity index (χ0n) is 18.5. The molecule has 0 aromatic heterocycles. The van der Waals surface area contributed by atoms with Gasteiger partial charge in [-0.2, -0.15) is 0 Å². The number of rotatable bonds is 7. The summed E-state index contributed by atoms with van der Waals surface area (Å²) in [5.74, 6) is 0.280. The molecule has 0 unspecified atom stereocenters. The summed E-state index contributed by atoms with van der Waals surface area (Å²) in [7, 11) is -2.29. The molecule has 8 heteroatoms. The highest BCUT2D eigenvalue weighted by Crippen LogP contribution is 2.23. The molecule has 4 rings (SSSR count). The van der Waals surface area contributed by atoms with Crippen LogP contribution < -0.4 is 14.4 Å². The molecule has 7 nitrogen and oxygen atoms in total. The van der Waals surface area contributed by atoms with E-state index in [9.17, 15) is 13.2 Å². The Kier molecular flexibility index (Phi) is 6.96. The van der Waals surface area contributed by atoms with Crippen LogP contribution >= 0.6 is 0 Å². The Bertz CT molecular complexity index is 1190. The molecule has 0 radical (unpaired) electrons. The number of methoxy groups -OCH3 is 1. The first-order valence-electron chi connectivity index (χ1n) is 10.8. The standard InChI is InChI=1S/C25H27N3O4S/c1-32-23-9-5-6-10-24(23)33(30,31)26-19-20-11-13-21(14-12-20)25(29)28-17-15-27(16-18-28)22-7-3-2-4-8-22/h2-14,26H,15-19H2,1H3. The lowest BCUT2D eigenvalue weighted by Gasteiger charge is -2.36. The predicted octanol–water partition coefficient (Wildman–Crippen LogP) is 3.14. The van der Waals surface area contributed by atoms with E-state index in [0.29, 0.717) is 24.4 Å². The summed E-state index contributed by atoms with van der Waals surface area (Å²) in [5.41, 5.74) is 2.53. The Labute approximate surface area is 194 Å². The second kappa shape index (κ2) is 10.1. The van der Waals surface area contributed by atoms with Crippen LogP contribution in [-0.2, 0) is 16.6 Å². The van der Waals surface area contributed by atoms with Crippen molar-refractivity contribution in [3.8, 4) is 5.75 Å². The Morgan fingerprint density at radius 2 is 1.52 bits per heavy atom. The summed E-state index contributed by atoms with van der Waals surface area (Å²) in [4.78, 5) is 17.1. The molecule has 3 aromatic carbocycles. The Balaban J connectivity index is 1.34. The SMILES string of the molecule is COc1ccccc1S(=O)(=O)NCc1ccc(C(=O)N2CCN(c3ccccc3)CC2)cc1. The van der Waals surface area contributed by atoms with Crippen molar-refractivity contribution in [2.24, 2.45) is 0 Å². The fraction of sp³-hybridized carbons (Fsp3) is 0.240. The van der Waals surface area contributed by atoms with Gasteiger partial charge in [0, 0.05) is 44.0 Å². The van der Waals surface area contributed by atoms with Crippen molar-refractivity contribution in [1.29, 1.82) is 0 Å². The van der Waals surface area contributed by atoms with Crippen LogP contribution in [-0.4, -0.2) is 52.5 Å². The zero-order valence-corrected chi connectivity index (χ0v) is 19.3. The number of hydrogen-bond acceptors (Lipinski definition) is 5. The highest BCUT2D eigenvalue weighted by Gasteiger charge is 2.22. The minimum Gasteiger partial charge on any atom is -0.495 e. The van der Waals surface area contributed by atoms with E-state index in [2.05, 4.69) is 21.8 Å². The number of carbonyl (C=O) groups is 1. The van der Waals surface area contributed by atoms with Crippen molar-refractivity contribution in [2.45, 2.75) is 11.4 Å². The number of amides is 1. The number of para-hydroxylation sites is 2. The van der Waals surface area contributed by atoms with E-state index in [1.807, 2.05) is 23.1 Å². The predicted molar refractivity (Wildman–Crippen MR) is 128 cm³/mol. The molecule has 0 aliphatic carbocycles. The van der Waals surface area contributed by atoms with Crippen LogP contribution in [0.1, 0.15) is 15.9 Å². The van der Waals surface area contributed by atoms with Gasteiger partial charge in [0.1, 0.15) is 10.6 Å². The van der Waals surface area contributed by atoms with Gasteiger partial charge in [0.05, 0.1) is 7.11 Å². The summed E-state index contributed by atoms with van der Waals surface area (Å²) in [6.07, 6.45) is 0. The summed E-state index contributed by atoms with van der Waals surface area (Å²) < 4.78 is 33.0. The van der Waals surface area contributed by atoms with E-state index < -0.39 is 10.0 Å². The first-order chi connectivity index (χ1) is 16.0. The molecule has 33 heavy (non-hydrogen) atoms. The highest BCUT2D eigenvalue weighted by molar-refractivity contribution is 7.89. The van der Waals surface area contributed by atoms with Gasteiger partial charge >= 0.3 is 0 Å². The molecule has 172 valence electrons. The largest absolute Gasteiger partial charge is 0.495 e. The van der Waals surface area contributed by atoms with E-state index >= 15 is 0 Å². The number of nitrogens with one attached hydrogen (secondary N) is 1. The molecule has 1 N–H and O–H groups in total. The van der Waals surface area contributed by atoms with Gasteiger partial charge in [-0.1, -0.05) is 42.5 Å². The Morgan fingerprint density at radius 3 is 2.18 bits per heavy atom. The van der Waals surface area contributed by atoms with Crippen molar-refractivity contribution < 1.29 is 17.9 Å². The van der Waals surface area contributed by atoms with Crippen LogP contribution in [0, 0.1) is 0 Å². The van der Waals surface area contributed by atoms with Gasteiger partial charge in [-0.15, -0.1) is 0 Å². The van der Waals surface area contributed by atoms with Gasteiger partial charge in [0.25, 0.3) is 5.91 Å². The maximum Gasteiger partial charge on any atom is 0.253 e. The van der Waals surface area contributed by atoms with Crippen LogP contribution in [0.4, 0.5) is 5.69 Å². The molecule has 0 atom stereocenters. The molecule has 1 amide bonds. The lowest BCUT2D eigenvalue weighted by molar-refractivity contribution is 0.0746. The molecule has 1 heterocycles. The van der Waals surface area contributed by atoms with Gasteiger partial charge < -0.3 is 14.5 Å². The van der Waals surface area contributed by atoms with Crippen molar-refractivity contribution >= 4 is 21.6 Å².